The molecule has 2 fully saturated rings. The maximum absolute atomic E-state index is 13.1. The number of urea groups is 1. The van der Waals surface area contributed by atoms with Crippen LogP contribution in [0, 0.1) is 13.8 Å². The third-order valence-corrected chi connectivity index (χ3v) is 5.86. The highest BCUT2D eigenvalue weighted by atomic mass is 16.2. The van der Waals surface area contributed by atoms with Crippen molar-refractivity contribution in [2.24, 2.45) is 0 Å². The molecule has 1 aromatic carbocycles. The number of nitrogens with one attached hydrogen (secondary N) is 1. The van der Waals surface area contributed by atoms with Crippen molar-refractivity contribution in [2.75, 3.05) is 0 Å². The Bertz CT molecular complexity index is 998. The number of carbonyl (C=O) groups excluding carboxylic acids is 3. The smallest absolute Gasteiger partial charge is 0.318 e. The third-order valence-electron chi connectivity index (χ3n) is 5.86. The van der Waals surface area contributed by atoms with E-state index in [1.165, 1.54) is 4.90 Å². The van der Waals surface area contributed by atoms with Crippen molar-refractivity contribution in [3.05, 3.63) is 58.9 Å². The lowest BCUT2D eigenvalue weighted by molar-refractivity contribution is -0.132. The summed E-state index contributed by atoms with van der Waals surface area (Å²) < 4.78 is 2.08. The van der Waals surface area contributed by atoms with Gasteiger partial charge < -0.3 is 4.57 Å². The molecule has 150 valence electrons. The molecular formula is C23H25N3O3. The topological polar surface area (TPSA) is 71.4 Å². The summed E-state index contributed by atoms with van der Waals surface area (Å²) >= 11 is 0. The fourth-order valence-electron chi connectivity index (χ4n) is 4.41. The quantitative estimate of drug-likeness (QED) is 0.637. The monoisotopic (exact) mass is 391 g/mol. The lowest BCUT2D eigenvalue weighted by Gasteiger charge is -2.35. The molecule has 0 unspecified atom stereocenters. The minimum Gasteiger partial charge on any atom is -0.318 e. The zero-order valence-electron chi connectivity index (χ0n) is 16.8. The molecule has 0 atom stereocenters. The molecule has 4 amide bonds. The second-order valence-electron chi connectivity index (χ2n) is 7.78. The number of hydrogen-bond donors (Lipinski definition) is 1. The summed E-state index contributed by atoms with van der Waals surface area (Å²) in [7, 11) is 0. The van der Waals surface area contributed by atoms with E-state index in [4.69, 9.17) is 0 Å². The Balaban J connectivity index is 1.71. The van der Waals surface area contributed by atoms with E-state index in [0.29, 0.717) is 0 Å². The van der Waals surface area contributed by atoms with Gasteiger partial charge in [-0.15, -0.1) is 0 Å². The van der Waals surface area contributed by atoms with Crippen LogP contribution >= 0.6 is 0 Å². The molecule has 0 spiro atoms. The second kappa shape index (κ2) is 7.70. The molecule has 2 heterocycles. The molecule has 6 heteroatoms. The molecule has 1 saturated heterocycles. The lowest BCUT2D eigenvalue weighted by Crippen LogP contribution is -2.58. The highest BCUT2D eigenvalue weighted by molar-refractivity contribution is 6.31. The van der Waals surface area contributed by atoms with E-state index in [1.807, 2.05) is 50.2 Å². The summed E-state index contributed by atoms with van der Waals surface area (Å²) in [5, 5.41) is 2.35. The first-order chi connectivity index (χ1) is 14.0. The minimum atomic E-state index is -0.628. The van der Waals surface area contributed by atoms with Crippen LogP contribution in [0.3, 0.4) is 0 Å². The highest BCUT2D eigenvalue weighted by Crippen LogP contribution is 2.28. The Hall–Kier alpha value is -3.15. The van der Waals surface area contributed by atoms with Crippen LogP contribution in [0.1, 0.15) is 49.1 Å². The predicted molar refractivity (Wildman–Crippen MR) is 110 cm³/mol. The number of rotatable bonds is 3. The molecule has 1 aliphatic heterocycles. The average molecular weight is 391 g/mol. The predicted octanol–water partition coefficient (Wildman–Crippen LogP) is 3.89. The van der Waals surface area contributed by atoms with Crippen molar-refractivity contribution in [1.29, 1.82) is 0 Å². The van der Waals surface area contributed by atoms with Crippen molar-refractivity contribution in [2.45, 2.75) is 52.0 Å². The Morgan fingerprint density at radius 1 is 1.00 bits per heavy atom. The van der Waals surface area contributed by atoms with E-state index in [2.05, 4.69) is 9.88 Å². The normalized spacial score (nSPS) is 19.7. The van der Waals surface area contributed by atoms with Gasteiger partial charge in [0, 0.05) is 23.1 Å². The van der Waals surface area contributed by atoms with Gasteiger partial charge in [-0.05, 0) is 56.5 Å². The van der Waals surface area contributed by atoms with E-state index in [9.17, 15) is 14.4 Å². The van der Waals surface area contributed by atoms with E-state index in [-0.39, 0.29) is 11.6 Å². The molecule has 2 aromatic rings. The average Bonchev–Trinajstić information content (AvgIpc) is 2.99. The summed E-state index contributed by atoms with van der Waals surface area (Å²) in [6.07, 6.45) is 6.31. The van der Waals surface area contributed by atoms with Crippen LogP contribution in [0.15, 0.2) is 42.0 Å². The number of barbiturate groups is 1. The summed E-state index contributed by atoms with van der Waals surface area (Å²) in [5.74, 6) is -1.12. The maximum atomic E-state index is 13.1. The Morgan fingerprint density at radius 2 is 1.69 bits per heavy atom. The molecule has 2 aliphatic rings. The van der Waals surface area contributed by atoms with E-state index in [0.717, 1.165) is 54.7 Å². The molecule has 29 heavy (non-hydrogen) atoms. The van der Waals surface area contributed by atoms with Crippen LogP contribution in [-0.4, -0.2) is 33.4 Å². The van der Waals surface area contributed by atoms with Crippen LogP contribution in [-0.2, 0) is 9.59 Å². The van der Waals surface area contributed by atoms with Gasteiger partial charge >= 0.3 is 6.03 Å². The van der Waals surface area contributed by atoms with Gasteiger partial charge in [0.05, 0.1) is 0 Å². The molecule has 1 aliphatic carbocycles. The van der Waals surface area contributed by atoms with Crippen LogP contribution in [0.2, 0.25) is 0 Å². The Morgan fingerprint density at radius 3 is 2.38 bits per heavy atom. The van der Waals surface area contributed by atoms with Gasteiger partial charge in [0.2, 0.25) is 0 Å². The van der Waals surface area contributed by atoms with Gasteiger partial charge in [0.1, 0.15) is 5.57 Å². The minimum absolute atomic E-state index is 0.0171. The molecular weight excluding hydrogens is 366 g/mol. The van der Waals surface area contributed by atoms with Gasteiger partial charge in [-0.3, -0.25) is 19.8 Å². The van der Waals surface area contributed by atoms with Crippen LogP contribution in [0.5, 0.6) is 0 Å². The van der Waals surface area contributed by atoms with Crippen molar-refractivity contribution < 1.29 is 14.4 Å². The van der Waals surface area contributed by atoms with E-state index >= 15 is 0 Å². The number of carbonyl (C=O) groups is 3. The first kappa shape index (κ1) is 19.2. The summed E-state index contributed by atoms with van der Waals surface area (Å²) in [6.45, 7) is 3.95. The molecule has 0 radical (unpaired) electrons. The SMILES string of the molecule is Cc1cc(C=C2C(=O)NC(=O)N(C3CCCCC3)C2=O)c(C)n1-c1ccccc1. The molecule has 1 saturated carbocycles. The van der Waals surface area contributed by atoms with Crippen LogP contribution in [0.25, 0.3) is 11.8 Å². The summed E-state index contributed by atoms with van der Waals surface area (Å²) in [5.41, 5.74) is 3.77. The van der Waals surface area contributed by atoms with Crippen molar-refractivity contribution in [3.8, 4) is 5.69 Å². The fourth-order valence-corrected chi connectivity index (χ4v) is 4.41. The van der Waals surface area contributed by atoms with Gasteiger partial charge in [-0.25, -0.2) is 4.79 Å². The van der Waals surface area contributed by atoms with Crippen molar-refractivity contribution in [3.63, 3.8) is 0 Å². The zero-order chi connectivity index (χ0) is 20.5. The molecule has 1 N–H and O–H groups in total. The van der Waals surface area contributed by atoms with Crippen LogP contribution in [0.4, 0.5) is 4.79 Å². The Kier molecular flexibility index (Phi) is 5.09. The molecule has 0 bridgehead atoms. The van der Waals surface area contributed by atoms with E-state index < -0.39 is 17.8 Å². The second-order valence-corrected chi connectivity index (χ2v) is 7.78. The van der Waals surface area contributed by atoms with Gasteiger partial charge in [-0.1, -0.05) is 37.5 Å². The molecule has 4 rings (SSSR count). The number of para-hydroxylation sites is 1. The van der Waals surface area contributed by atoms with Crippen LogP contribution < -0.4 is 5.32 Å². The van der Waals surface area contributed by atoms with Gasteiger partial charge in [0.15, 0.2) is 0 Å². The number of amides is 4. The summed E-state index contributed by atoms with van der Waals surface area (Å²) in [4.78, 5) is 39.2. The highest BCUT2D eigenvalue weighted by Gasteiger charge is 2.40. The van der Waals surface area contributed by atoms with Gasteiger partial charge in [-0.2, -0.15) is 0 Å². The van der Waals surface area contributed by atoms with E-state index in [1.54, 1.807) is 6.08 Å². The van der Waals surface area contributed by atoms with Crippen molar-refractivity contribution >= 4 is 23.9 Å². The standard InChI is InChI=1S/C23H25N3O3/c1-15-13-17(16(2)25(15)18-9-5-3-6-10-18)14-20-21(27)24-23(29)26(22(20)28)19-11-7-4-8-12-19/h3,5-6,9-10,13-14,19H,4,7-8,11-12H2,1-2H3,(H,24,27,29). The first-order valence-electron chi connectivity index (χ1n) is 10.1. The first-order valence-corrected chi connectivity index (χ1v) is 10.1. The number of imide groups is 2. The number of benzene rings is 1. The number of aromatic nitrogens is 1. The molecule has 1 aromatic heterocycles. The zero-order valence-corrected chi connectivity index (χ0v) is 16.8. The van der Waals surface area contributed by atoms with Gasteiger partial charge in [0.25, 0.3) is 11.8 Å². The fraction of sp³-hybridized carbons (Fsp3) is 0.348. The third kappa shape index (κ3) is 3.50. The Labute approximate surface area is 170 Å². The summed E-state index contributed by atoms with van der Waals surface area (Å²) in [6, 6.07) is 11.1. The molecule has 6 nitrogen and oxygen atoms in total. The number of nitrogens with zero attached hydrogens (tertiary/aromatic N) is 2. The van der Waals surface area contributed by atoms with Crippen molar-refractivity contribution in [1.82, 2.24) is 14.8 Å². The largest absolute Gasteiger partial charge is 0.331 e. The number of aryl methyl sites for hydroxylation is 1. The maximum Gasteiger partial charge on any atom is 0.331 e. The number of hydrogen-bond acceptors (Lipinski definition) is 3. The lowest BCUT2D eigenvalue weighted by atomic mass is 9.93.